The summed E-state index contributed by atoms with van der Waals surface area (Å²) in [6.45, 7) is 5.30. The predicted molar refractivity (Wildman–Crippen MR) is 79.5 cm³/mol. The van der Waals surface area contributed by atoms with E-state index < -0.39 is 0 Å². The van der Waals surface area contributed by atoms with Crippen molar-refractivity contribution in [3.05, 3.63) is 10.6 Å². The summed E-state index contributed by atoms with van der Waals surface area (Å²) in [7, 11) is 0. The quantitative estimate of drug-likeness (QED) is 0.921. The molecule has 7 heteroatoms. The minimum atomic E-state index is -0.351. The van der Waals surface area contributed by atoms with Crippen molar-refractivity contribution in [3.63, 3.8) is 0 Å². The maximum atomic E-state index is 12.1. The van der Waals surface area contributed by atoms with Gasteiger partial charge in [-0.1, -0.05) is 25.2 Å². The van der Waals surface area contributed by atoms with Gasteiger partial charge in [-0.2, -0.15) is 5.26 Å². The highest BCUT2D eigenvalue weighted by molar-refractivity contribution is 7.15. The highest BCUT2D eigenvalue weighted by Crippen LogP contribution is 2.28. The molecule has 0 aliphatic carbocycles. The number of hydrogen-bond acceptors (Lipinski definition) is 5. The normalized spacial score (nSPS) is 13.7. The molecule has 1 aromatic rings. The van der Waals surface area contributed by atoms with Gasteiger partial charge in [-0.3, -0.25) is 9.59 Å². The van der Waals surface area contributed by atoms with Gasteiger partial charge in [0.15, 0.2) is 5.13 Å². The summed E-state index contributed by atoms with van der Waals surface area (Å²) >= 11 is 1.38. The molecule has 1 aromatic heterocycles. The molecule has 1 aliphatic rings. The van der Waals surface area contributed by atoms with Gasteiger partial charge in [-0.15, -0.1) is 0 Å². The first-order chi connectivity index (χ1) is 9.99. The molecule has 0 unspecified atom stereocenters. The minimum absolute atomic E-state index is 0.166. The molecule has 2 heterocycles. The largest absolute Gasteiger partial charge is 0.337 e. The molecule has 0 saturated heterocycles. The van der Waals surface area contributed by atoms with Crippen LogP contribution in [0.1, 0.15) is 37.3 Å². The maximum Gasteiger partial charge on any atom is 0.240 e. The fourth-order valence-electron chi connectivity index (χ4n) is 2.18. The number of carbonyl (C=O) groups excluding carboxylic acids is 2. The van der Waals surface area contributed by atoms with Crippen LogP contribution in [0.15, 0.2) is 0 Å². The first-order valence-corrected chi connectivity index (χ1v) is 7.74. The van der Waals surface area contributed by atoms with E-state index in [4.69, 9.17) is 5.26 Å². The monoisotopic (exact) mass is 306 g/mol. The van der Waals surface area contributed by atoms with Crippen LogP contribution >= 0.6 is 11.3 Å². The SMILES string of the molecule is CC(C)CC(=O)N1CCc2nc(NC(=O)CC#N)sc2C1. The van der Waals surface area contributed by atoms with Crippen molar-refractivity contribution < 1.29 is 9.59 Å². The molecule has 6 nitrogen and oxygen atoms in total. The smallest absolute Gasteiger partial charge is 0.240 e. The summed E-state index contributed by atoms with van der Waals surface area (Å²) in [6, 6.07) is 1.80. The van der Waals surface area contributed by atoms with Crippen molar-refractivity contribution in [1.29, 1.82) is 5.26 Å². The Kier molecular flexibility index (Phi) is 4.91. The fraction of sp³-hybridized carbons (Fsp3) is 0.571. The van der Waals surface area contributed by atoms with Crippen LogP contribution in [-0.2, 0) is 22.6 Å². The van der Waals surface area contributed by atoms with E-state index in [0.29, 0.717) is 37.0 Å². The molecule has 2 amide bonds. The third-order valence-corrected chi connectivity index (χ3v) is 4.15. The number of nitrogens with one attached hydrogen (secondary N) is 1. The lowest BCUT2D eigenvalue weighted by atomic mass is 10.1. The number of aromatic nitrogens is 1. The molecule has 0 saturated carbocycles. The number of rotatable bonds is 4. The van der Waals surface area contributed by atoms with E-state index in [0.717, 1.165) is 10.6 Å². The van der Waals surface area contributed by atoms with E-state index in [9.17, 15) is 9.59 Å². The molecule has 0 atom stereocenters. The predicted octanol–water partition coefficient (Wildman–Crippen LogP) is 1.93. The van der Waals surface area contributed by atoms with Crippen molar-refractivity contribution >= 4 is 28.3 Å². The van der Waals surface area contributed by atoms with E-state index in [-0.39, 0.29) is 18.2 Å². The Morgan fingerprint density at radius 3 is 2.95 bits per heavy atom. The van der Waals surface area contributed by atoms with Crippen molar-refractivity contribution in [2.75, 3.05) is 11.9 Å². The van der Waals surface area contributed by atoms with Crippen LogP contribution in [-0.4, -0.2) is 28.2 Å². The van der Waals surface area contributed by atoms with Crippen LogP contribution in [0.4, 0.5) is 5.13 Å². The lowest BCUT2D eigenvalue weighted by Crippen LogP contribution is -2.36. The van der Waals surface area contributed by atoms with Crippen LogP contribution in [0.3, 0.4) is 0 Å². The van der Waals surface area contributed by atoms with Gasteiger partial charge < -0.3 is 10.2 Å². The highest BCUT2D eigenvalue weighted by Gasteiger charge is 2.24. The second-order valence-corrected chi connectivity index (χ2v) is 6.52. The average Bonchev–Trinajstić information content (AvgIpc) is 2.78. The van der Waals surface area contributed by atoms with E-state index in [2.05, 4.69) is 10.3 Å². The van der Waals surface area contributed by atoms with Gasteiger partial charge >= 0.3 is 0 Å². The topological polar surface area (TPSA) is 86.1 Å². The number of fused-ring (bicyclic) bond motifs is 1. The Morgan fingerprint density at radius 1 is 1.52 bits per heavy atom. The van der Waals surface area contributed by atoms with Crippen LogP contribution in [0, 0.1) is 17.2 Å². The Bertz CT molecular complexity index is 588. The molecule has 0 bridgehead atoms. The van der Waals surface area contributed by atoms with Crippen LogP contribution in [0.5, 0.6) is 0 Å². The van der Waals surface area contributed by atoms with E-state index in [1.807, 2.05) is 18.7 Å². The second-order valence-electron chi connectivity index (χ2n) is 5.44. The number of anilines is 1. The Balaban J connectivity index is 2.01. The summed E-state index contributed by atoms with van der Waals surface area (Å²) in [5, 5.41) is 11.6. The standard InChI is InChI=1S/C14H18N4O2S/c1-9(2)7-13(20)18-6-4-10-11(8-18)21-14(16-10)17-12(19)3-5-15/h9H,3-4,6-8H2,1-2H3,(H,16,17,19). The van der Waals surface area contributed by atoms with E-state index in [1.54, 1.807) is 6.07 Å². The third kappa shape index (κ3) is 4.02. The summed E-state index contributed by atoms with van der Waals surface area (Å²) < 4.78 is 0. The summed E-state index contributed by atoms with van der Waals surface area (Å²) in [5.74, 6) is 0.164. The molecule has 1 N–H and O–H groups in total. The molecule has 0 radical (unpaired) electrons. The molecular formula is C14H18N4O2S. The highest BCUT2D eigenvalue weighted by atomic mass is 32.1. The lowest BCUT2D eigenvalue weighted by Gasteiger charge is -2.26. The van der Waals surface area contributed by atoms with Crippen molar-refractivity contribution in [1.82, 2.24) is 9.88 Å². The van der Waals surface area contributed by atoms with Crippen LogP contribution in [0.25, 0.3) is 0 Å². The lowest BCUT2D eigenvalue weighted by molar-refractivity contribution is -0.132. The fourth-order valence-corrected chi connectivity index (χ4v) is 3.22. The van der Waals surface area contributed by atoms with Gasteiger partial charge in [0.05, 0.1) is 18.3 Å². The van der Waals surface area contributed by atoms with E-state index in [1.165, 1.54) is 11.3 Å². The summed E-state index contributed by atoms with van der Waals surface area (Å²) in [5.41, 5.74) is 0.945. The second kappa shape index (κ2) is 6.68. The number of amides is 2. The van der Waals surface area contributed by atoms with Crippen LogP contribution in [0.2, 0.25) is 0 Å². The molecule has 0 aromatic carbocycles. The number of carbonyl (C=O) groups is 2. The molecule has 0 fully saturated rings. The minimum Gasteiger partial charge on any atom is -0.337 e. The molecular weight excluding hydrogens is 288 g/mol. The van der Waals surface area contributed by atoms with E-state index >= 15 is 0 Å². The molecule has 2 rings (SSSR count). The van der Waals surface area contributed by atoms with Gasteiger partial charge in [0.25, 0.3) is 0 Å². The Morgan fingerprint density at radius 2 is 2.29 bits per heavy atom. The zero-order chi connectivity index (χ0) is 15.4. The van der Waals surface area contributed by atoms with Gasteiger partial charge in [0.2, 0.25) is 11.8 Å². The molecule has 21 heavy (non-hydrogen) atoms. The molecule has 112 valence electrons. The van der Waals surface area contributed by atoms with Crippen molar-refractivity contribution in [2.45, 2.75) is 39.7 Å². The number of nitrogens with zero attached hydrogens (tertiary/aromatic N) is 3. The van der Waals surface area contributed by atoms with Gasteiger partial charge in [-0.05, 0) is 5.92 Å². The number of thiazole rings is 1. The Labute approximate surface area is 127 Å². The van der Waals surface area contributed by atoms with Crippen molar-refractivity contribution in [2.24, 2.45) is 5.92 Å². The first kappa shape index (κ1) is 15.4. The summed E-state index contributed by atoms with van der Waals surface area (Å²) in [6.07, 6.45) is 1.09. The van der Waals surface area contributed by atoms with Gasteiger partial charge in [-0.25, -0.2) is 4.98 Å². The third-order valence-electron chi connectivity index (χ3n) is 3.15. The summed E-state index contributed by atoms with van der Waals surface area (Å²) in [4.78, 5) is 30.7. The van der Waals surface area contributed by atoms with Crippen LogP contribution < -0.4 is 5.32 Å². The van der Waals surface area contributed by atoms with Gasteiger partial charge in [0.1, 0.15) is 6.42 Å². The number of nitriles is 1. The zero-order valence-corrected chi connectivity index (χ0v) is 13.0. The molecule has 0 spiro atoms. The first-order valence-electron chi connectivity index (χ1n) is 6.92. The van der Waals surface area contributed by atoms with Gasteiger partial charge in [0, 0.05) is 24.3 Å². The Hall–Kier alpha value is -1.94. The van der Waals surface area contributed by atoms with Crippen molar-refractivity contribution in [3.8, 4) is 6.07 Å². The maximum absolute atomic E-state index is 12.1. The zero-order valence-electron chi connectivity index (χ0n) is 12.2. The average molecular weight is 306 g/mol. The number of hydrogen-bond donors (Lipinski definition) is 1. The molecule has 1 aliphatic heterocycles.